The summed E-state index contributed by atoms with van der Waals surface area (Å²) in [6, 6.07) is 1.69. The molecule has 1 aromatic heterocycles. The number of benzene rings is 1. The molecule has 0 saturated heterocycles. The van der Waals surface area contributed by atoms with Crippen molar-refractivity contribution < 1.29 is 9.72 Å². The number of non-ortho nitro benzene ring substituents is 1. The summed E-state index contributed by atoms with van der Waals surface area (Å²) in [5.74, 6) is -0.152. The van der Waals surface area contributed by atoms with Gasteiger partial charge in [-0.1, -0.05) is 11.6 Å². The molecule has 2 rings (SSSR count). The Kier molecular flexibility index (Phi) is 4.03. The minimum absolute atomic E-state index is 0.0236. The molecule has 0 fully saturated rings. The van der Waals surface area contributed by atoms with Crippen LogP contribution in [0, 0.1) is 10.1 Å². The molecule has 0 spiro atoms. The molecule has 0 aliphatic carbocycles. The summed E-state index contributed by atoms with van der Waals surface area (Å²) in [5.41, 5.74) is 5.29. The Labute approximate surface area is 123 Å². The van der Waals surface area contributed by atoms with E-state index in [9.17, 15) is 14.9 Å². The van der Waals surface area contributed by atoms with E-state index in [1.54, 1.807) is 6.92 Å². The number of aromatic nitrogens is 3. The maximum Gasteiger partial charge on any atom is 0.271 e. The fourth-order valence-corrected chi connectivity index (χ4v) is 1.88. The quantitative estimate of drug-likeness (QED) is 0.443. The molecule has 110 valence electrons. The number of nitrogens with two attached hydrogens (primary N) is 1. The van der Waals surface area contributed by atoms with Crippen molar-refractivity contribution in [2.24, 2.45) is 0 Å². The lowest BCUT2D eigenvalue weighted by Gasteiger charge is -2.12. The van der Waals surface area contributed by atoms with Gasteiger partial charge in [-0.25, -0.2) is 4.98 Å². The SMILES string of the molecule is CC(NC(=O)c1cc([N+](=O)[O-])cc(Cl)c1N)c1ncn[nH]1. The van der Waals surface area contributed by atoms with Crippen LogP contribution < -0.4 is 11.1 Å². The van der Waals surface area contributed by atoms with Gasteiger partial charge in [-0.05, 0) is 6.92 Å². The maximum atomic E-state index is 12.2. The maximum absolute atomic E-state index is 12.2. The van der Waals surface area contributed by atoms with Gasteiger partial charge in [0.05, 0.1) is 27.2 Å². The van der Waals surface area contributed by atoms with E-state index in [2.05, 4.69) is 20.5 Å². The highest BCUT2D eigenvalue weighted by atomic mass is 35.5. The zero-order chi connectivity index (χ0) is 15.6. The Morgan fingerprint density at radius 3 is 2.86 bits per heavy atom. The molecule has 1 atom stereocenters. The summed E-state index contributed by atoms with van der Waals surface area (Å²) in [4.78, 5) is 26.2. The molecule has 0 aliphatic heterocycles. The van der Waals surface area contributed by atoms with E-state index in [0.717, 1.165) is 12.1 Å². The highest BCUT2D eigenvalue weighted by Crippen LogP contribution is 2.29. The average molecular weight is 311 g/mol. The molecular weight excluding hydrogens is 300 g/mol. The number of nitrogens with zero attached hydrogens (tertiary/aromatic N) is 3. The number of aromatic amines is 1. The summed E-state index contributed by atoms with van der Waals surface area (Å²) in [7, 11) is 0. The molecule has 4 N–H and O–H groups in total. The summed E-state index contributed by atoms with van der Waals surface area (Å²) in [6.45, 7) is 1.67. The lowest BCUT2D eigenvalue weighted by Crippen LogP contribution is -2.28. The topological polar surface area (TPSA) is 140 Å². The Morgan fingerprint density at radius 1 is 1.57 bits per heavy atom. The van der Waals surface area contributed by atoms with E-state index >= 15 is 0 Å². The first-order valence-corrected chi connectivity index (χ1v) is 6.17. The highest BCUT2D eigenvalue weighted by molar-refractivity contribution is 6.34. The van der Waals surface area contributed by atoms with Gasteiger partial charge in [0.15, 0.2) is 0 Å². The molecule has 21 heavy (non-hydrogen) atoms. The standard InChI is InChI=1S/C11H11ClN6O3/c1-5(10-14-4-15-17-10)16-11(19)7-2-6(18(20)21)3-8(12)9(7)13/h2-5H,13H2,1H3,(H,16,19)(H,14,15,17). The fourth-order valence-electron chi connectivity index (χ4n) is 1.66. The second-order valence-corrected chi connectivity index (χ2v) is 4.62. The number of hydrogen-bond donors (Lipinski definition) is 3. The Morgan fingerprint density at radius 2 is 2.29 bits per heavy atom. The van der Waals surface area contributed by atoms with Crippen LogP contribution >= 0.6 is 11.6 Å². The second kappa shape index (κ2) is 5.75. The molecule has 10 heteroatoms. The van der Waals surface area contributed by atoms with Gasteiger partial charge in [-0.3, -0.25) is 20.0 Å². The van der Waals surface area contributed by atoms with Crippen molar-refractivity contribution in [3.63, 3.8) is 0 Å². The van der Waals surface area contributed by atoms with Crippen LogP contribution in [-0.4, -0.2) is 26.0 Å². The minimum Gasteiger partial charge on any atom is -0.397 e. The van der Waals surface area contributed by atoms with Crippen molar-refractivity contribution in [1.29, 1.82) is 0 Å². The van der Waals surface area contributed by atoms with Crippen LogP contribution in [0.15, 0.2) is 18.5 Å². The predicted octanol–water partition coefficient (Wildman–Crippen LogP) is 1.44. The number of rotatable bonds is 4. The summed E-state index contributed by atoms with van der Waals surface area (Å²) in [5, 5.41) is 19.6. The van der Waals surface area contributed by atoms with Crippen LogP contribution in [0.2, 0.25) is 5.02 Å². The molecule has 1 unspecified atom stereocenters. The molecule has 9 nitrogen and oxygen atoms in total. The number of amides is 1. The number of H-pyrrole nitrogens is 1. The van der Waals surface area contributed by atoms with Crippen LogP contribution in [0.1, 0.15) is 29.1 Å². The number of nitro benzene ring substituents is 1. The monoisotopic (exact) mass is 310 g/mol. The van der Waals surface area contributed by atoms with Gasteiger partial charge in [0.1, 0.15) is 12.2 Å². The minimum atomic E-state index is -0.651. The summed E-state index contributed by atoms with van der Waals surface area (Å²) in [6.07, 6.45) is 1.30. The molecule has 2 aromatic rings. The molecule has 1 amide bonds. The molecular formula is C11H11ClN6O3. The van der Waals surface area contributed by atoms with Gasteiger partial charge in [0, 0.05) is 12.1 Å². The van der Waals surface area contributed by atoms with E-state index < -0.39 is 16.9 Å². The molecule has 1 aromatic carbocycles. The van der Waals surface area contributed by atoms with Crippen molar-refractivity contribution >= 4 is 28.9 Å². The number of anilines is 1. The van der Waals surface area contributed by atoms with Gasteiger partial charge < -0.3 is 11.1 Å². The number of nitrogens with one attached hydrogen (secondary N) is 2. The van der Waals surface area contributed by atoms with Crippen LogP contribution in [0.4, 0.5) is 11.4 Å². The van der Waals surface area contributed by atoms with Crippen LogP contribution in [0.5, 0.6) is 0 Å². The van der Waals surface area contributed by atoms with Crippen LogP contribution in [0.25, 0.3) is 0 Å². The zero-order valence-electron chi connectivity index (χ0n) is 10.8. The Bertz CT molecular complexity index is 688. The van der Waals surface area contributed by atoms with Gasteiger partial charge in [0.25, 0.3) is 11.6 Å². The fraction of sp³-hybridized carbons (Fsp3) is 0.182. The Balaban J connectivity index is 2.28. The van der Waals surface area contributed by atoms with Gasteiger partial charge in [-0.2, -0.15) is 5.10 Å². The second-order valence-electron chi connectivity index (χ2n) is 4.21. The number of nitrogen functional groups attached to an aromatic ring is 1. The number of carbonyl (C=O) groups excluding carboxylic acids is 1. The van der Waals surface area contributed by atoms with Crippen molar-refractivity contribution in [2.45, 2.75) is 13.0 Å². The third kappa shape index (κ3) is 3.08. The number of hydrogen-bond acceptors (Lipinski definition) is 6. The molecule has 0 saturated carbocycles. The smallest absolute Gasteiger partial charge is 0.271 e. The third-order valence-corrected chi connectivity index (χ3v) is 3.07. The van der Waals surface area contributed by atoms with E-state index in [1.165, 1.54) is 6.33 Å². The first-order valence-electron chi connectivity index (χ1n) is 5.79. The number of nitro groups is 1. The van der Waals surface area contributed by atoms with Crippen molar-refractivity contribution in [3.05, 3.63) is 45.0 Å². The van der Waals surface area contributed by atoms with E-state index in [-0.39, 0.29) is 22.0 Å². The lowest BCUT2D eigenvalue weighted by atomic mass is 10.1. The van der Waals surface area contributed by atoms with Gasteiger partial charge in [-0.15, -0.1) is 0 Å². The predicted molar refractivity (Wildman–Crippen MR) is 74.8 cm³/mol. The number of carbonyl (C=O) groups is 1. The largest absolute Gasteiger partial charge is 0.397 e. The third-order valence-electron chi connectivity index (χ3n) is 2.76. The van der Waals surface area contributed by atoms with Crippen LogP contribution in [-0.2, 0) is 0 Å². The highest BCUT2D eigenvalue weighted by Gasteiger charge is 2.21. The van der Waals surface area contributed by atoms with Crippen molar-refractivity contribution in [3.8, 4) is 0 Å². The van der Waals surface area contributed by atoms with E-state index in [1.807, 2.05) is 0 Å². The first-order chi connectivity index (χ1) is 9.90. The van der Waals surface area contributed by atoms with Crippen molar-refractivity contribution in [2.75, 3.05) is 5.73 Å². The normalized spacial score (nSPS) is 11.9. The molecule has 0 radical (unpaired) electrons. The zero-order valence-corrected chi connectivity index (χ0v) is 11.6. The summed E-state index contributed by atoms with van der Waals surface area (Å²) < 4.78 is 0. The summed E-state index contributed by atoms with van der Waals surface area (Å²) >= 11 is 5.81. The van der Waals surface area contributed by atoms with E-state index in [4.69, 9.17) is 17.3 Å². The molecule has 1 heterocycles. The average Bonchev–Trinajstić information content (AvgIpc) is 2.95. The number of halogens is 1. The van der Waals surface area contributed by atoms with E-state index in [0.29, 0.717) is 5.82 Å². The molecule has 0 bridgehead atoms. The Hall–Kier alpha value is -2.68. The van der Waals surface area contributed by atoms with Crippen LogP contribution in [0.3, 0.4) is 0 Å². The van der Waals surface area contributed by atoms with Crippen molar-refractivity contribution in [1.82, 2.24) is 20.5 Å². The van der Waals surface area contributed by atoms with Gasteiger partial charge >= 0.3 is 0 Å². The lowest BCUT2D eigenvalue weighted by molar-refractivity contribution is -0.384. The molecule has 0 aliphatic rings. The van der Waals surface area contributed by atoms with Gasteiger partial charge in [0.2, 0.25) is 0 Å². The first kappa shape index (κ1) is 14.7.